The van der Waals surface area contributed by atoms with Crippen molar-refractivity contribution in [1.29, 1.82) is 0 Å². The van der Waals surface area contributed by atoms with Gasteiger partial charge in [-0.3, -0.25) is 4.79 Å². The zero-order valence-corrected chi connectivity index (χ0v) is 11.7. The van der Waals surface area contributed by atoms with Crippen LogP contribution in [0.5, 0.6) is 0 Å². The van der Waals surface area contributed by atoms with Gasteiger partial charge in [0, 0.05) is 17.7 Å². The summed E-state index contributed by atoms with van der Waals surface area (Å²) in [5.41, 5.74) is 2.20. The summed E-state index contributed by atoms with van der Waals surface area (Å²) < 4.78 is 0. The van der Waals surface area contributed by atoms with Crippen LogP contribution in [-0.4, -0.2) is 23.0 Å². The molecule has 4 heteroatoms. The van der Waals surface area contributed by atoms with Gasteiger partial charge in [0.2, 0.25) is 0 Å². The predicted octanol–water partition coefficient (Wildman–Crippen LogP) is 2.62. The van der Waals surface area contributed by atoms with Crippen LogP contribution in [0.25, 0.3) is 6.08 Å². The van der Waals surface area contributed by atoms with Gasteiger partial charge in [0.1, 0.15) is 0 Å². The highest BCUT2D eigenvalue weighted by atomic mass is 16.4. The average molecular weight is 273 g/mol. The van der Waals surface area contributed by atoms with Crippen molar-refractivity contribution in [2.75, 3.05) is 0 Å². The molecule has 2 N–H and O–H groups in total. The van der Waals surface area contributed by atoms with E-state index in [0.29, 0.717) is 17.0 Å². The molecule has 0 heterocycles. The molecular formula is C16H19NO3. The fraction of sp³-hybridized carbons (Fsp3) is 0.375. The summed E-state index contributed by atoms with van der Waals surface area (Å²) in [4.78, 5) is 22.8. The fourth-order valence-electron chi connectivity index (χ4n) is 2.15. The molecule has 1 aliphatic carbocycles. The second-order valence-corrected chi connectivity index (χ2v) is 5.35. The van der Waals surface area contributed by atoms with Crippen molar-refractivity contribution >= 4 is 18.0 Å². The molecule has 1 aromatic carbocycles. The Kier molecular flexibility index (Phi) is 4.23. The summed E-state index contributed by atoms with van der Waals surface area (Å²) in [5.74, 6) is -0.485. The van der Waals surface area contributed by atoms with Crippen LogP contribution in [-0.2, 0) is 4.79 Å². The lowest BCUT2D eigenvalue weighted by Gasteiger charge is -2.14. The number of carboxylic acid groups (broad SMARTS) is 1. The molecule has 2 rings (SSSR count). The van der Waals surface area contributed by atoms with Crippen molar-refractivity contribution in [3.63, 3.8) is 0 Å². The Morgan fingerprint density at radius 1 is 1.40 bits per heavy atom. The van der Waals surface area contributed by atoms with Gasteiger partial charge in [-0.1, -0.05) is 12.1 Å². The van der Waals surface area contributed by atoms with Gasteiger partial charge in [-0.15, -0.1) is 0 Å². The zero-order valence-electron chi connectivity index (χ0n) is 11.7. The number of hydrogen-bond acceptors (Lipinski definition) is 2. The number of hydrogen-bond donors (Lipinski definition) is 2. The normalized spacial score (nSPS) is 16.1. The predicted molar refractivity (Wildman–Crippen MR) is 77.5 cm³/mol. The molecule has 4 nitrogen and oxygen atoms in total. The molecule has 1 saturated carbocycles. The molecule has 0 aliphatic heterocycles. The van der Waals surface area contributed by atoms with E-state index in [1.165, 1.54) is 18.9 Å². The summed E-state index contributed by atoms with van der Waals surface area (Å²) in [6.45, 7) is 3.90. The molecule has 20 heavy (non-hydrogen) atoms. The van der Waals surface area contributed by atoms with E-state index in [-0.39, 0.29) is 11.9 Å². The molecule has 1 unspecified atom stereocenters. The quantitative estimate of drug-likeness (QED) is 0.810. The first-order valence-electron chi connectivity index (χ1n) is 6.80. The minimum atomic E-state index is -1.00. The Morgan fingerprint density at radius 3 is 2.70 bits per heavy atom. The Bertz CT molecular complexity index is 559. The van der Waals surface area contributed by atoms with Gasteiger partial charge in [0.05, 0.1) is 0 Å². The molecule has 1 aromatic rings. The van der Waals surface area contributed by atoms with Crippen molar-refractivity contribution in [3.8, 4) is 0 Å². The van der Waals surface area contributed by atoms with Crippen LogP contribution >= 0.6 is 0 Å². The van der Waals surface area contributed by atoms with Crippen LogP contribution in [0.15, 0.2) is 24.3 Å². The van der Waals surface area contributed by atoms with E-state index in [1.807, 2.05) is 19.9 Å². The van der Waals surface area contributed by atoms with E-state index >= 15 is 0 Å². The van der Waals surface area contributed by atoms with Crippen molar-refractivity contribution in [2.45, 2.75) is 32.7 Å². The minimum Gasteiger partial charge on any atom is -0.478 e. The number of rotatable bonds is 5. The average Bonchev–Trinajstić information content (AvgIpc) is 3.21. The third-order valence-electron chi connectivity index (χ3n) is 3.61. The van der Waals surface area contributed by atoms with Crippen molar-refractivity contribution in [1.82, 2.24) is 5.32 Å². The number of carbonyl (C=O) groups excluding carboxylic acids is 1. The first kappa shape index (κ1) is 14.3. The molecule has 1 amide bonds. The maximum absolute atomic E-state index is 12.2. The molecule has 0 bridgehead atoms. The highest BCUT2D eigenvalue weighted by molar-refractivity contribution is 5.96. The van der Waals surface area contributed by atoms with Crippen LogP contribution in [0.1, 0.15) is 41.3 Å². The summed E-state index contributed by atoms with van der Waals surface area (Å²) in [7, 11) is 0. The second-order valence-electron chi connectivity index (χ2n) is 5.35. The first-order chi connectivity index (χ1) is 9.47. The van der Waals surface area contributed by atoms with Gasteiger partial charge >= 0.3 is 5.97 Å². The van der Waals surface area contributed by atoms with Gasteiger partial charge in [0.15, 0.2) is 0 Å². The van der Waals surface area contributed by atoms with Crippen LogP contribution < -0.4 is 5.32 Å². The van der Waals surface area contributed by atoms with Gasteiger partial charge in [0.25, 0.3) is 5.91 Å². The van der Waals surface area contributed by atoms with Gasteiger partial charge in [-0.2, -0.15) is 0 Å². The fourth-order valence-corrected chi connectivity index (χ4v) is 2.15. The number of nitrogens with one attached hydrogen (secondary N) is 1. The lowest BCUT2D eigenvalue weighted by Crippen LogP contribution is -2.34. The maximum Gasteiger partial charge on any atom is 0.328 e. The minimum absolute atomic E-state index is 0.0903. The summed E-state index contributed by atoms with van der Waals surface area (Å²) >= 11 is 0. The maximum atomic E-state index is 12.2. The highest BCUT2D eigenvalue weighted by Crippen LogP contribution is 2.32. The lowest BCUT2D eigenvalue weighted by atomic mass is 10.0. The molecule has 0 aromatic heterocycles. The number of carboxylic acids is 1. The van der Waals surface area contributed by atoms with E-state index in [0.717, 1.165) is 11.6 Å². The van der Waals surface area contributed by atoms with E-state index in [9.17, 15) is 9.59 Å². The van der Waals surface area contributed by atoms with Crippen LogP contribution in [0.2, 0.25) is 0 Å². The third kappa shape index (κ3) is 3.70. The van der Waals surface area contributed by atoms with E-state index < -0.39 is 5.97 Å². The van der Waals surface area contributed by atoms with Gasteiger partial charge in [-0.25, -0.2) is 4.79 Å². The SMILES string of the molecule is Cc1ccc(C=CC(=O)O)cc1C(=O)NC(C)C1CC1. The number of benzene rings is 1. The van der Waals surface area contributed by atoms with E-state index in [1.54, 1.807) is 12.1 Å². The summed E-state index contributed by atoms with van der Waals surface area (Å²) in [5, 5.41) is 11.6. The second kappa shape index (κ2) is 5.90. The Balaban J connectivity index is 2.14. The Labute approximate surface area is 118 Å². The largest absolute Gasteiger partial charge is 0.478 e. The summed E-state index contributed by atoms with van der Waals surface area (Å²) in [6, 6.07) is 5.55. The first-order valence-corrected chi connectivity index (χ1v) is 6.80. The third-order valence-corrected chi connectivity index (χ3v) is 3.61. The molecule has 0 radical (unpaired) electrons. The number of carbonyl (C=O) groups is 2. The smallest absolute Gasteiger partial charge is 0.328 e. The van der Waals surface area contributed by atoms with Gasteiger partial charge < -0.3 is 10.4 Å². The number of aliphatic carboxylic acids is 1. The van der Waals surface area contributed by atoms with Gasteiger partial charge in [-0.05, 0) is 55.9 Å². The number of amides is 1. The van der Waals surface area contributed by atoms with Crippen LogP contribution in [0.4, 0.5) is 0 Å². The lowest BCUT2D eigenvalue weighted by molar-refractivity contribution is -0.131. The molecule has 1 aliphatic rings. The Hall–Kier alpha value is -2.10. The Morgan fingerprint density at radius 2 is 2.10 bits per heavy atom. The van der Waals surface area contributed by atoms with Crippen LogP contribution in [0, 0.1) is 12.8 Å². The zero-order chi connectivity index (χ0) is 14.7. The molecule has 0 saturated heterocycles. The molecule has 1 fully saturated rings. The van der Waals surface area contributed by atoms with Crippen molar-refractivity contribution in [3.05, 3.63) is 41.0 Å². The standard InChI is InChI=1S/C16H19NO3/c1-10-3-4-12(5-8-15(18)19)9-14(10)16(20)17-11(2)13-6-7-13/h3-5,8-9,11,13H,6-7H2,1-2H3,(H,17,20)(H,18,19). The van der Waals surface area contributed by atoms with Crippen molar-refractivity contribution in [2.24, 2.45) is 5.92 Å². The summed E-state index contributed by atoms with van der Waals surface area (Å²) in [6.07, 6.45) is 4.92. The van der Waals surface area contributed by atoms with Crippen molar-refractivity contribution < 1.29 is 14.7 Å². The molecular weight excluding hydrogens is 254 g/mol. The molecule has 1 atom stereocenters. The van der Waals surface area contributed by atoms with E-state index in [4.69, 9.17) is 5.11 Å². The monoisotopic (exact) mass is 273 g/mol. The number of aryl methyl sites for hydroxylation is 1. The van der Waals surface area contributed by atoms with Crippen LogP contribution in [0.3, 0.4) is 0 Å². The molecule has 106 valence electrons. The highest BCUT2D eigenvalue weighted by Gasteiger charge is 2.29. The molecule has 0 spiro atoms. The topological polar surface area (TPSA) is 66.4 Å². The van der Waals surface area contributed by atoms with E-state index in [2.05, 4.69) is 5.32 Å².